The van der Waals surface area contributed by atoms with Crippen LogP contribution in [0.2, 0.25) is 0 Å². The van der Waals surface area contributed by atoms with Gasteiger partial charge in [-0.1, -0.05) is 36.0 Å². The van der Waals surface area contributed by atoms with Crippen molar-refractivity contribution in [1.82, 2.24) is 0 Å². The van der Waals surface area contributed by atoms with Crippen molar-refractivity contribution >= 4 is 28.6 Å². The van der Waals surface area contributed by atoms with Crippen LogP contribution in [0.15, 0.2) is 42.5 Å². The molecule has 2 aromatic rings. The second-order valence-electron chi connectivity index (χ2n) is 4.02. The summed E-state index contributed by atoms with van der Waals surface area (Å²) in [6, 6.07) is 12.5. The maximum Gasteiger partial charge on any atom is 0.135 e. The Morgan fingerprint density at radius 1 is 1.17 bits per heavy atom. The zero-order valence-electron chi connectivity index (χ0n) is 9.91. The number of nitrogens with one attached hydrogen (secondary N) is 1. The number of benzene rings is 2. The molecule has 0 heterocycles. The second kappa shape index (κ2) is 5.14. The number of thiocarbonyl (C=S) groups is 1. The standard InChI is InChI=1S/C14H13FN2S/c1-9-5-7-10(8-6-9)17-12-4-2-3-11(15)13(12)14(16)18/h2-8,17H,1H3,(H2,16,18). The maximum absolute atomic E-state index is 13.7. The molecule has 0 aliphatic rings. The molecule has 0 aromatic heterocycles. The van der Waals surface area contributed by atoms with E-state index in [4.69, 9.17) is 18.0 Å². The highest BCUT2D eigenvalue weighted by Crippen LogP contribution is 2.23. The summed E-state index contributed by atoms with van der Waals surface area (Å²) in [4.78, 5) is 0.0442. The van der Waals surface area contributed by atoms with E-state index < -0.39 is 5.82 Å². The number of aryl methyl sites for hydroxylation is 1. The number of halogens is 1. The first-order valence-corrected chi connectivity index (χ1v) is 5.91. The van der Waals surface area contributed by atoms with Gasteiger partial charge in [0.2, 0.25) is 0 Å². The van der Waals surface area contributed by atoms with Crippen molar-refractivity contribution in [2.75, 3.05) is 5.32 Å². The van der Waals surface area contributed by atoms with Crippen LogP contribution >= 0.6 is 12.2 Å². The van der Waals surface area contributed by atoms with Crippen molar-refractivity contribution in [3.05, 3.63) is 59.4 Å². The van der Waals surface area contributed by atoms with Gasteiger partial charge in [-0.25, -0.2) is 4.39 Å². The first-order valence-electron chi connectivity index (χ1n) is 5.50. The molecule has 0 radical (unpaired) electrons. The lowest BCUT2D eigenvalue weighted by atomic mass is 10.1. The van der Waals surface area contributed by atoms with E-state index in [0.29, 0.717) is 5.69 Å². The van der Waals surface area contributed by atoms with Crippen LogP contribution in [0.3, 0.4) is 0 Å². The summed E-state index contributed by atoms with van der Waals surface area (Å²) < 4.78 is 13.7. The van der Waals surface area contributed by atoms with E-state index in [2.05, 4.69) is 5.32 Å². The van der Waals surface area contributed by atoms with Gasteiger partial charge in [0.15, 0.2) is 0 Å². The predicted molar refractivity (Wildman–Crippen MR) is 76.7 cm³/mol. The Morgan fingerprint density at radius 2 is 1.83 bits per heavy atom. The van der Waals surface area contributed by atoms with E-state index >= 15 is 0 Å². The molecule has 2 rings (SSSR count). The average Bonchev–Trinajstić information content (AvgIpc) is 2.32. The highest BCUT2D eigenvalue weighted by atomic mass is 32.1. The van der Waals surface area contributed by atoms with E-state index in [1.54, 1.807) is 12.1 Å². The maximum atomic E-state index is 13.7. The second-order valence-corrected chi connectivity index (χ2v) is 4.46. The van der Waals surface area contributed by atoms with E-state index in [9.17, 15) is 4.39 Å². The molecule has 92 valence electrons. The summed E-state index contributed by atoms with van der Waals surface area (Å²) in [5, 5.41) is 3.11. The normalized spacial score (nSPS) is 10.1. The predicted octanol–water partition coefficient (Wildman–Crippen LogP) is 3.51. The molecule has 18 heavy (non-hydrogen) atoms. The van der Waals surface area contributed by atoms with Crippen molar-refractivity contribution in [3.63, 3.8) is 0 Å². The van der Waals surface area contributed by atoms with Gasteiger partial charge in [-0.2, -0.15) is 0 Å². The molecule has 0 spiro atoms. The minimum absolute atomic E-state index is 0.0442. The summed E-state index contributed by atoms with van der Waals surface area (Å²) in [6.07, 6.45) is 0. The first-order chi connectivity index (χ1) is 8.58. The van der Waals surface area contributed by atoms with E-state index in [-0.39, 0.29) is 10.6 Å². The van der Waals surface area contributed by atoms with Gasteiger partial charge < -0.3 is 11.1 Å². The lowest BCUT2D eigenvalue weighted by molar-refractivity contribution is 0.626. The molecule has 0 saturated heterocycles. The summed E-state index contributed by atoms with van der Waals surface area (Å²) >= 11 is 4.87. The Hall–Kier alpha value is -1.94. The molecule has 0 atom stereocenters. The van der Waals surface area contributed by atoms with Gasteiger partial charge in [-0.05, 0) is 31.2 Å². The molecule has 0 aliphatic heterocycles. The monoisotopic (exact) mass is 260 g/mol. The zero-order valence-corrected chi connectivity index (χ0v) is 10.7. The molecule has 0 amide bonds. The van der Waals surface area contributed by atoms with Gasteiger partial charge in [-0.3, -0.25) is 0 Å². The summed E-state index contributed by atoms with van der Waals surface area (Å²) in [5.41, 5.74) is 8.39. The van der Waals surface area contributed by atoms with Crippen molar-refractivity contribution in [2.24, 2.45) is 5.73 Å². The van der Waals surface area contributed by atoms with Gasteiger partial charge in [0, 0.05) is 5.69 Å². The van der Waals surface area contributed by atoms with Gasteiger partial charge in [0.1, 0.15) is 10.8 Å². The molecule has 2 nitrogen and oxygen atoms in total. The molecule has 0 aliphatic carbocycles. The summed E-state index contributed by atoms with van der Waals surface area (Å²) in [7, 11) is 0. The smallest absolute Gasteiger partial charge is 0.135 e. The van der Waals surface area contributed by atoms with Crippen molar-refractivity contribution in [3.8, 4) is 0 Å². The molecule has 0 fully saturated rings. The Labute approximate surface area is 111 Å². The summed E-state index contributed by atoms with van der Waals surface area (Å²) in [5.74, 6) is -0.417. The molecule has 3 N–H and O–H groups in total. The quantitative estimate of drug-likeness (QED) is 0.829. The fraction of sp³-hybridized carbons (Fsp3) is 0.0714. The Kier molecular flexibility index (Phi) is 3.58. The lowest BCUT2D eigenvalue weighted by Gasteiger charge is -2.12. The summed E-state index contributed by atoms with van der Waals surface area (Å²) in [6.45, 7) is 2.01. The number of hydrogen-bond donors (Lipinski definition) is 2. The average molecular weight is 260 g/mol. The van der Waals surface area contributed by atoms with Crippen molar-refractivity contribution in [2.45, 2.75) is 6.92 Å². The minimum Gasteiger partial charge on any atom is -0.389 e. The Balaban J connectivity index is 2.37. The molecular formula is C14H13FN2S. The highest BCUT2D eigenvalue weighted by Gasteiger charge is 2.10. The molecule has 0 bridgehead atoms. The lowest BCUT2D eigenvalue weighted by Crippen LogP contribution is -2.14. The van der Waals surface area contributed by atoms with Gasteiger partial charge in [0.25, 0.3) is 0 Å². The third-order valence-electron chi connectivity index (χ3n) is 2.59. The molecule has 2 aromatic carbocycles. The number of nitrogens with two attached hydrogens (primary N) is 1. The first kappa shape index (κ1) is 12.5. The zero-order chi connectivity index (χ0) is 13.1. The minimum atomic E-state index is -0.417. The van der Waals surface area contributed by atoms with Crippen molar-refractivity contribution < 1.29 is 4.39 Å². The van der Waals surface area contributed by atoms with Crippen LogP contribution < -0.4 is 11.1 Å². The van der Waals surface area contributed by atoms with E-state index in [0.717, 1.165) is 11.3 Å². The van der Waals surface area contributed by atoms with Crippen LogP contribution in [0, 0.1) is 12.7 Å². The fourth-order valence-corrected chi connectivity index (χ4v) is 1.88. The largest absolute Gasteiger partial charge is 0.389 e. The highest BCUT2D eigenvalue weighted by molar-refractivity contribution is 7.80. The molecular weight excluding hydrogens is 247 g/mol. The third-order valence-corrected chi connectivity index (χ3v) is 2.79. The molecule has 0 saturated carbocycles. The number of rotatable bonds is 3. The van der Waals surface area contributed by atoms with Gasteiger partial charge >= 0.3 is 0 Å². The van der Waals surface area contributed by atoms with Crippen LogP contribution in [-0.2, 0) is 0 Å². The van der Waals surface area contributed by atoms with E-state index in [1.165, 1.54) is 6.07 Å². The Bertz CT molecular complexity index is 579. The SMILES string of the molecule is Cc1ccc(Nc2cccc(F)c2C(N)=S)cc1. The molecule has 4 heteroatoms. The van der Waals surface area contributed by atoms with Crippen LogP contribution in [0.1, 0.15) is 11.1 Å². The number of anilines is 2. The fourth-order valence-electron chi connectivity index (χ4n) is 1.67. The van der Waals surface area contributed by atoms with Crippen LogP contribution in [0.4, 0.5) is 15.8 Å². The Morgan fingerprint density at radius 3 is 2.44 bits per heavy atom. The van der Waals surface area contributed by atoms with Crippen molar-refractivity contribution in [1.29, 1.82) is 0 Å². The number of hydrogen-bond acceptors (Lipinski definition) is 2. The topological polar surface area (TPSA) is 38.0 Å². The van der Waals surface area contributed by atoms with E-state index in [1.807, 2.05) is 31.2 Å². The van der Waals surface area contributed by atoms with Crippen LogP contribution in [0.25, 0.3) is 0 Å². The van der Waals surface area contributed by atoms with Crippen LogP contribution in [0.5, 0.6) is 0 Å². The van der Waals surface area contributed by atoms with Crippen LogP contribution in [-0.4, -0.2) is 4.99 Å². The molecule has 0 unspecified atom stereocenters. The van der Waals surface area contributed by atoms with Gasteiger partial charge in [-0.15, -0.1) is 0 Å². The van der Waals surface area contributed by atoms with Gasteiger partial charge in [0.05, 0.1) is 11.3 Å². The third kappa shape index (κ3) is 2.65.